The van der Waals surface area contributed by atoms with E-state index in [0.717, 1.165) is 46.1 Å². The first-order valence-corrected chi connectivity index (χ1v) is 12.0. The highest BCUT2D eigenvalue weighted by molar-refractivity contribution is 7.99. The van der Waals surface area contributed by atoms with Crippen molar-refractivity contribution in [3.63, 3.8) is 0 Å². The van der Waals surface area contributed by atoms with Crippen LogP contribution < -0.4 is 5.56 Å². The quantitative estimate of drug-likeness (QED) is 0.362. The molecular weight excluding hydrogens is 384 g/mol. The van der Waals surface area contributed by atoms with Crippen molar-refractivity contribution in [2.45, 2.75) is 64.5 Å². The summed E-state index contributed by atoms with van der Waals surface area (Å²) < 4.78 is 1.85. The molecule has 1 aliphatic carbocycles. The van der Waals surface area contributed by atoms with Crippen molar-refractivity contribution < 1.29 is 0 Å². The van der Waals surface area contributed by atoms with Crippen LogP contribution in [0, 0.1) is 12.8 Å². The maximum absolute atomic E-state index is 13.7. The summed E-state index contributed by atoms with van der Waals surface area (Å²) in [5, 5.41) is 1.69. The van der Waals surface area contributed by atoms with Gasteiger partial charge in [-0.3, -0.25) is 9.36 Å². The number of rotatable bonds is 5. The molecule has 0 saturated heterocycles. The topological polar surface area (TPSA) is 34.9 Å². The van der Waals surface area contributed by atoms with Gasteiger partial charge >= 0.3 is 0 Å². The molecule has 1 aromatic carbocycles. The molecule has 28 heavy (non-hydrogen) atoms. The second kappa shape index (κ2) is 8.03. The molecule has 4 rings (SSSR count). The highest BCUT2D eigenvalue weighted by Gasteiger charge is 2.26. The first kappa shape index (κ1) is 19.7. The second-order valence-corrected chi connectivity index (χ2v) is 10.5. The number of thiophene rings is 1. The van der Waals surface area contributed by atoms with Crippen LogP contribution >= 0.6 is 23.1 Å². The molecule has 0 N–H and O–H groups in total. The summed E-state index contributed by atoms with van der Waals surface area (Å²) in [6.45, 7) is 8.80. The zero-order chi connectivity index (χ0) is 19.8. The summed E-state index contributed by atoms with van der Waals surface area (Å²) in [6, 6.07) is 8.22. The molecule has 0 amide bonds. The van der Waals surface area contributed by atoms with Gasteiger partial charge in [-0.05, 0) is 62.1 Å². The van der Waals surface area contributed by atoms with E-state index in [4.69, 9.17) is 4.98 Å². The summed E-state index contributed by atoms with van der Waals surface area (Å²) in [5.74, 6) is 2.06. The van der Waals surface area contributed by atoms with Gasteiger partial charge in [0.25, 0.3) is 5.56 Å². The van der Waals surface area contributed by atoms with Crippen LogP contribution in [0.5, 0.6) is 0 Å². The average molecular weight is 413 g/mol. The Morgan fingerprint density at radius 1 is 1.29 bits per heavy atom. The lowest BCUT2D eigenvalue weighted by atomic mass is 9.88. The zero-order valence-electron chi connectivity index (χ0n) is 17.1. The fourth-order valence-electron chi connectivity index (χ4n) is 3.92. The summed E-state index contributed by atoms with van der Waals surface area (Å²) >= 11 is 3.45. The van der Waals surface area contributed by atoms with Gasteiger partial charge in [0.2, 0.25) is 0 Å². The van der Waals surface area contributed by atoms with E-state index in [2.05, 4.69) is 39.8 Å². The molecule has 148 valence electrons. The zero-order valence-corrected chi connectivity index (χ0v) is 18.8. The number of hydrogen-bond acceptors (Lipinski definition) is 4. The molecule has 0 bridgehead atoms. The molecule has 3 aromatic rings. The Bertz CT molecular complexity index is 1050. The van der Waals surface area contributed by atoms with Gasteiger partial charge in [-0.25, -0.2) is 4.98 Å². The monoisotopic (exact) mass is 412 g/mol. The first-order chi connectivity index (χ1) is 13.5. The Hall–Kier alpha value is -1.59. The minimum absolute atomic E-state index is 0.104. The fourth-order valence-corrected chi connectivity index (χ4v) is 6.55. The van der Waals surface area contributed by atoms with E-state index in [0.29, 0.717) is 11.8 Å². The Balaban J connectivity index is 1.91. The Kier molecular flexibility index (Phi) is 5.66. The molecule has 0 fully saturated rings. The molecule has 1 atom stereocenters. The van der Waals surface area contributed by atoms with Crippen LogP contribution in [0.15, 0.2) is 34.2 Å². The third kappa shape index (κ3) is 3.67. The van der Waals surface area contributed by atoms with Crippen LogP contribution in [0.2, 0.25) is 0 Å². The molecule has 1 aliphatic rings. The number of aryl methyl sites for hydroxylation is 2. The molecule has 0 saturated carbocycles. The van der Waals surface area contributed by atoms with Crippen LogP contribution in [-0.4, -0.2) is 15.3 Å². The summed E-state index contributed by atoms with van der Waals surface area (Å²) in [5.41, 5.74) is 3.48. The maximum atomic E-state index is 13.7. The van der Waals surface area contributed by atoms with Crippen LogP contribution in [0.25, 0.3) is 15.9 Å². The lowest BCUT2D eigenvalue weighted by molar-refractivity contribution is 0.601. The minimum atomic E-state index is 0.104. The van der Waals surface area contributed by atoms with Gasteiger partial charge < -0.3 is 0 Å². The number of benzene rings is 1. The van der Waals surface area contributed by atoms with E-state index < -0.39 is 0 Å². The number of aromatic nitrogens is 2. The summed E-state index contributed by atoms with van der Waals surface area (Å²) in [4.78, 5) is 21.0. The molecule has 3 nitrogen and oxygen atoms in total. The van der Waals surface area contributed by atoms with E-state index in [1.807, 2.05) is 16.7 Å². The SMILES string of the molecule is Cc1ccc(-n2c(SCCC(C)C)nc3sc4c(c3c2=O)[C@H](C)CCC4)cc1. The predicted molar refractivity (Wildman–Crippen MR) is 121 cm³/mol. The van der Waals surface area contributed by atoms with Crippen molar-refractivity contribution in [2.24, 2.45) is 5.92 Å². The van der Waals surface area contributed by atoms with Crippen molar-refractivity contribution in [3.05, 3.63) is 50.6 Å². The van der Waals surface area contributed by atoms with E-state index >= 15 is 0 Å². The molecule has 2 heterocycles. The molecule has 0 radical (unpaired) electrons. The number of fused-ring (bicyclic) bond motifs is 3. The van der Waals surface area contributed by atoms with Crippen molar-refractivity contribution in [2.75, 3.05) is 5.75 Å². The number of nitrogens with zero attached hydrogens (tertiary/aromatic N) is 2. The first-order valence-electron chi connectivity index (χ1n) is 10.2. The lowest BCUT2D eigenvalue weighted by Gasteiger charge is -2.19. The van der Waals surface area contributed by atoms with E-state index in [9.17, 15) is 4.79 Å². The predicted octanol–water partition coefficient (Wildman–Crippen LogP) is 6.33. The van der Waals surface area contributed by atoms with Crippen LogP contribution in [0.4, 0.5) is 0 Å². The average Bonchev–Trinajstić information content (AvgIpc) is 3.03. The normalized spacial score (nSPS) is 16.7. The second-order valence-electron chi connectivity index (χ2n) is 8.31. The van der Waals surface area contributed by atoms with Crippen LogP contribution in [0.3, 0.4) is 0 Å². The van der Waals surface area contributed by atoms with Crippen LogP contribution in [0.1, 0.15) is 62.0 Å². The Morgan fingerprint density at radius 3 is 2.75 bits per heavy atom. The third-order valence-electron chi connectivity index (χ3n) is 5.56. The standard InChI is InChI=1S/C23H28N2OS2/c1-14(2)12-13-27-23-24-21-20(19-16(4)6-5-7-18(19)28-21)22(26)25(23)17-10-8-15(3)9-11-17/h8-11,14,16H,5-7,12-13H2,1-4H3/t16-/m1/s1. The Morgan fingerprint density at radius 2 is 2.04 bits per heavy atom. The van der Waals surface area contributed by atoms with Crippen molar-refractivity contribution in [1.29, 1.82) is 0 Å². The lowest BCUT2D eigenvalue weighted by Crippen LogP contribution is -2.22. The minimum Gasteiger partial charge on any atom is -0.268 e. The maximum Gasteiger partial charge on any atom is 0.267 e. The van der Waals surface area contributed by atoms with Gasteiger partial charge in [-0.15, -0.1) is 11.3 Å². The molecule has 5 heteroatoms. The highest BCUT2D eigenvalue weighted by Crippen LogP contribution is 2.41. The van der Waals surface area contributed by atoms with Gasteiger partial charge in [-0.1, -0.05) is 50.2 Å². The summed E-state index contributed by atoms with van der Waals surface area (Å²) in [6.07, 6.45) is 4.57. The molecule has 0 spiro atoms. The largest absolute Gasteiger partial charge is 0.268 e. The third-order valence-corrected chi connectivity index (χ3v) is 7.69. The van der Waals surface area contributed by atoms with Gasteiger partial charge in [0.05, 0.1) is 11.1 Å². The van der Waals surface area contributed by atoms with Gasteiger partial charge in [0.15, 0.2) is 5.16 Å². The molecule has 0 unspecified atom stereocenters. The van der Waals surface area contributed by atoms with Crippen LogP contribution in [-0.2, 0) is 6.42 Å². The molecular formula is C23H28N2OS2. The molecule has 0 aliphatic heterocycles. The van der Waals surface area contributed by atoms with E-state index in [1.54, 1.807) is 23.1 Å². The van der Waals surface area contributed by atoms with Crippen molar-refractivity contribution in [3.8, 4) is 5.69 Å². The highest BCUT2D eigenvalue weighted by atomic mass is 32.2. The van der Waals surface area contributed by atoms with Gasteiger partial charge in [0, 0.05) is 10.6 Å². The Labute approximate surface area is 175 Å². The number of thioether (sulfide) groups is 1. The smallest absolute Gasteiger partial charge is 0.267 e. The van der Waals surface area contributed by atoms with Crippen molar-refractivity contribution in [1.82, 2.24) is 9.55 Å². The fraction of sp³-hybridized carbons (Fsp3) is 0.478. The summed E-state index contributed by atoms with van der Waals surface area (Å²) in [7, 11) is 0. The van der Waals surface area contributed by atoms with Crippen molar-refractivity contribution >= 4 is 33.3 Å². The molecule has 2 aromatic heterocycles. The van der Waals surface area contributed by atoms with Gasteiger partial charge in [-0.2, -0.15) is 0 Å². The van der Waals surface area contributed by atoms with E-state index in [-0.39, 0.29) is 5.56 Å². The van der Waals surface area contributed by atoms with Gasteiger partial charge in [0.1, 0.15) is 4.83 Å². The van der Waals surface area contributed by atoms with E-state index in [1.165, 1.54) is 22.4 Å². The number of hydrogen-bond donors (Lipinski definition) is 0.